The fourth-order valence-electron chi connectivity index (χ4n) is 4.92. The summed E-state index contributed by atoms with van der Waals surface area (Å²) in [6.07, 6.45) is 4.28. The summed E-state index contributed by atoms with van der Waals surface area (Å²) in [7, 11) is 4.96. The van der Waals surface area contributed by atoms with Crippen molar-refractivity contribution in [1.82, 2.24) is 10.2 Å². The molecule has 2 saturated heterocycles. The highest BCUT2D eigenvalue weighted by atomic mass is 16.5. The van der Waals surface area contributed by atoms with Gasteiger partial charge < -0.3 is 19.5 Å². The van der Waals surface area contributed by atoms with Crippen LogP contribution in [0.15, 0.2) is 42.5 Å². The third-order valence-electron chi connectivity index (χ3n) is 6.42. The van der Waals surface area contributed by atoms with Gasteiger partial charge in [0.15, 0.2) is 0 Å². The van der Waals surface area contributed by atoms with E-state index in [9.17, 15) is 4.79 Å². The van der Waals surface area contributed by atoms with Crippen molar-refractivity contribution in [2.45, 2.75) is 50.4 Å². The number of rotatable bonds is 7. The second-order valence-electron chi connectivity index (χ2n) is 8.08. The van der Waals surface area contributed by atoms with E-state index in [0.717, 1.165) is 30.9 Å². The molecular formula is C24H30N2O4. The van der Waals surface area contributed by atoms with Crippen LogP contribution in [0.2, 0.25) is 0 Å². The lowest BCUT2D eigenvalue weighted by Crippen LogP contribution is -2.50. The highest BCUT2D eigenvalue weighted by molar-refractivity contribution is 5.97. The molecule has 2 aliphatic heterocycles. The van der Waals surface area contributed by atoms with Gasteiger partial charge in [0.2, 0.25) is 0 Å². The molecule has 0 aliphatic carbocycles. The van der Waals surface area contributed by atoms with Crippen molar-refractivity contribution >= 4 is 5.91 Å². The summed E-state index contributed by atoms with van der Waals surface area (Å²) in [5, 5.41) is 3.25. The van der Waals surface area contributed by atoms with Crippen molar-refractivity contribution in [1.29, 1.82) is 0 Å². The van der Waals surface area contributed by atoms with Crippen molar-refractivity contribution in [3.8, 4) is 17.2 Å². The molecule has 1 N–H and O–H groups in total. The zero-order valence-corrected chi connectivity index (χ0v) is 17.9. The molecule has 2 aromatic carbocycles. The summed E-state index contributed by atoms with van der Waals surface area (Å²) < 4.78 is 16.2. The van der Waals surface area contributed by atoms with Crippen LogP contribution in [0.3, 0.4) is 0 Å². The number of hydrogen-bond acceptors (Lipinski definition) is 5. The third kappa shape index (κ3) is 4.10. The van der Waals surface area contributed by atoms with Crippen LogP contribution in [0.4, 0.5) is 0 Å². The first-order valence-electron chi connectivity index (χ1n) is 10.5. The number of piperidine rings is 1. The maximum Gasteiger partial charge on any atom is 0.255 e. The maximum absolute atomic E-state index is 12.8. The Labute approximate surface area is 178 Å². The predicted molar refractivity (Wildman–Crippen MR) is 115 cm³/mol. The number of carbonyl (C=O) groups excluding carboxylic acids is 1. The van der Waals surface area contributed by atoms with E-state index in [1.807, 2.05) is 36.4 Å². The van der Waals surface area contributed by atoms with Crippen molar-refractivity contribution in [2.24, 2.45) is 0 Å². The average molecular weight is 411 g/mol. The SMILES string of the molecule is COc1ccc(CN2C3CCC2CC(NC(=O)c2ccccc2OC)C3)c(OC)c1. The van der Waals surface area contributed by atoms with Gasteiger partial charge in [-0.2, -0.15) is 0 Å². The molecule has 6 nitrogen and oxygen atoms in total. The number of ether oxygens (including phenoxy) is 3. The highest BCUT2D eigenvalue weighted by Crippen LogP contribution is 2.38. The number of para-hydroxylation sites is 1. The highest BCUT2D eigenvalue weighted by Gasteiger charge is 2.41. The van der Waals surface area contributed by atoms with E-state index in [-0.39, 0.29) is 11.9 Å². The second kappa shape index (κ2) is 8.96. The molecule has 2 heterocycles. The fraction of sp³-hybridized carbons (Fsp3) is 0.458. The number of fused-ring (bicyclic) bond motifs is 2. The second-order valence-corrected chi connectivity index (χ2v) is 8.08. The molecule has 2 atom stereocenters. The Balaban J connectivity index is 1.42. The van der Waals surface area contributed by atoms with E-state index in [1.54, 1.807) is 21.3 Å². The smallest absolute Gasteiger partial charge is 0.255 e. The Hall–Kier alpha value is -2.73. The van der Waals surface area contributed by atoms with Gasteiger partial charge in [-0.1, -0.05) is 18.2 Å². The molecule has 30 heavy (non-hydrogen) atoms. The first kappa shape index (κ1) is 20.5. The first-order chi connectivity index (χ1) is 14.6. The summed E-state index contributed by atoms with van der Waals surface area (Å²) in [6, 6.07) is 14.5. The molecule has 160 valence electrons. The standard InChI is InChI=1S/C24H30N2O4/c1-28-20-11-8-16(23(14-20)30-3)15-26-18-9-10-19(26)13-17(12-18)25-24(27)21-6-4-5-7-22(21)29-2/h4-8,11,14,17-19H,9-10,12-13,15H2,1-3H3,(H,25,27). The van der Waals surface area contributed by atoms with E-state index in [2.05, 4.69) is 16.3 Å². The Bertz CT molecular complexity index is 887. The number of amides is 1. The monoisotopic (exact) mass is 410 g/mol. The van der Waals surface area contributed by atoms with Crippen LogP contribution in [0, 0.1) is 0 Å². The minimum atomic E-state index is -0.0536. The van der Waals surface area contributed by atoms with Gasteiger partial charge in [0.25, 0.3) is 5.91 Å². The van der Waals surface area contributed by atoms with Crippen LogP contribution in [0.1, 0.15) is 41.6 Å². The van der Waals surface area contributed by atoms with Crippen LogP contribution < -0.4 is 19.5 Å². The van der Waals surface area contributed by atoms with Crippen LogP contribution in [0.5, 0.6) is 17.2 Å². The van der Waals surface area contributed by atoms with Crippen molar-refractivity contribution < 1.29 is 19.0 Å². The van der Waals surface area contributed by atoms with E-state index in [4.69, 9.17) is 14.2 Å². The minimum absolute atomic E-state index is 0.0536. The molecule has 0 saturated carbocycles. The Morgan fingerprint density at radius 1 is 0.967 bits per heavy atom. The van der Waals surface area contributed by atoms with Gasteiger partial charge in [0.05, 0.1) is 26.9 Å². The summed E-state index contributed by atoms with van der Waals surface area (Å²) in [5.74, 6) is 2.22. The zero-order chi connectivity index (χ0) is 21.1. The molecule has 2 aliphatic rings. The van der Waals surface area contributed by atoms with E-state index < -0.39 is 0 Å². The van der Waals surface area contributed by atoms with Crippen LogP contribution in [-0.2, 0) is 6.54 Å². The molecule has 0 spiro atoms. The molecule has 2 aromatic rings. The lowest BCUT2D eigenvalue weighted by Gasteiger charge is -2.39. The maximum atomic E-state index is 12.8. The molecule has 1 amide bonds. The van der Waals surface area contributed by atoms with E-state index in [0.29, 0.717) is 23.4 Å². The number of benzene rings is 2. The van der Waals surface area contributed by atoms with E-state index >= 15 is 0 Å². The van der Waals surface area contributed by atoms with E-state index in [1.165, 1.54) is 18.4 Å². The largest absolute Gasteiger partial charge is 0.497 e. The van der Waals surface area contributed by atoms with Gasteiger partial charge in [0, 0.05) is 36.3 Å². The summed E-state index contributed by atoms with van der Waals surface area (Å²) in [5.41, 5.74) is 1.77. The number of nitrogens with one attached hydrogen (secondary N) is 1. The normalized spacial score (nSPS) is 23.1. The molecule has 6 heteroatoms. The molecule has 2 bridgehead atoms. The first-order valence-corrected chi connectivity index (χ1v) is 10.5. The quantitative estimate of drug-likeness (QED) is 0.755. The van der Waals surface area contributed by atoms with Crippen LogP contribution in [0.25, 0.3) is 0 Å². The van der Waals surface area contributed by atoms with Crippen LogP contribution in [-0.4, -0.2) is 50.3 Å². The summed E-state index contributed by atoms with van der Waals surface area (Å²) in [6.45, 7) is 0.857. The van der Waals surface area contributed by atoms with Crippen molar-refractivity contribution in [3.63, 3.8) is 0 Å². The van der Waals surface area contributed by atoms with Gasteiger partial charge in [-0.3, -0.25) is 9.69 Å². The molecule has 4 rings (SSSR count). The Kier molecular flexibility index (Phi) is 6.13. The predicted octanol–water partition coefficient (Wildman–Crippen LogP) is 3.64. The number of hydrogen-bond donors (Lipinski definition) is 1. The number of methoxy groups -OCH3 is 3. The van der Waals surface area contributed by atoms with Gasteiger partial charge in [0.1, 0.15) is 17.2 Å². The lowest BCUT2D eigenvalue weighted by atomic mass is 9.96. The van der Waals surface area contributed by atoms with Crippen LogP contribution >= 0.6 is 0 Å². The fourth-order valence-corrected chi connectivity index (χ4v) is 4.92. The summed E-state index contributed by atoms with van der Waals surface area (Å²) >= 11 is 0. The van der Waals surface area contributed by atoms with Crippen molar-refractivity contribution in [2.75, 3.05) is 21.3 Å². The molecule has 2 unspecified atom stereocenters. The summed E-state index contributed by atoms with van der Waals surface area (Å²) in [4.78, 5) is 15.4. The van der Waals surface area contributed by atoms with Gasteiger partial charge in [-0.15, -0.1) is 0 Å². The minimum Gasteiger partial charge on any atom is -0.497 e. The molecular weight excluding hydrogens is 380 g/mol. The van der Waals surface area contributed by atoms with Gasteiger partial charge in [-0.05, 0) is 43.9 Å². The average Bonchev–Trinajstić information content (AvgIpc) is 3.01. The Morgan fingerprint density at radius 3 is 2.33 bits per heavy atom. The number of carbonyl (C=O) groups is 1. The topological polar surface area (TPSA) is 60.0 Å². The molecule has 2 fully saturated rings. The Morgan fingerprint density at radius 2 is 1.67 bits per heavy atom. The zero-order valence-electron chi connectivity index (χ0n) is 17.9. The van der Waals surface area contributed by atoms with Gasteiger partial charge in [-0.25, -0.2) is 0 Å². The molecule has 0 aromatic heterocycles. The molecule has 0 radical (unpaired) electrons. The van der Waals surface area contributed by atoms with Crippen molar-refractivity contribution in [3.05, 3.63) is 53.6 Å². The van der Waals surface area contributed by atoms with Gasteiger partial charge >= 0.3 is 0 Å². The number of nitrogens with zero attached hydrogens (tertiary/aromatic N) is 1. The lowest BCUT2D eigenvalue weighted by molar-refractivity contribution is 0.0823. The third-order valence-corrected chi connectivity index (χ3v) is 6.42.